The van der Waals surface area contributed by atoms with Gasteiger partial charge in [0.1, 0.15) is 6.04 Å². The van der Waals surface area contributed by atoms with Gasteiger partial charge in [-0.15, -0.1) is 5.10 Å². The van der Waals surface area contributed by atoms with Crippen molar-refractivity contribution in [2.45, 2.75) is 25.3 Å². The number of nitrogens with zero attached hydrogens (tertiary/aromatic N) is 4. The lowest BCUT2D eigenvalue weighted by Gasteiger charge is -2.31. The van der Waals surface area contributed by atoms with Gasteiger partial charge in [-0.1, -0.05) is 29.3 Å². The number of ketones is 1. The lowest BCUT2D eigenvalue weighted by Crippen LogP contribution is -2.31. The number of hydrogen-bond acceptors (Lipinski definition) is 5. The lowest BCUT2D eigenvalue weighted by molar-refractivity contribution is -0.116. The van der Waals surface area contributed by atoms with E-state index in [1.807, 2.05) is 12.1 Å². The van der Waals surface area contributed by atoms with Gasteiger partial charge in [-0.2, -0.15) is 4.98 Å². The van der Waals surface area contributed by atoms with E-state index >= 15 is 0 Å². The molecule has 0 radical (unpaired) electrons. The zero-order chi connectivity index (χ0) is 19.3. The molecule has 8 heteroatoms. The monoisotopic (exact) mass is 411 g/mol. The van der Waals surface area contributed by atoms with Crippen LogP contribution in [0.15, 0.2) is 54.0 Å². The van der Waals surface area contributed by atoms with Gasteiger partial charge in [0.2, 0.25) is 5.95 Å². The van der Waals surface area contributed by atoms with Gasteiger partial charge in [0.25, 0.3) is 0 Å². The van der Waals surface area contributed by atoms with Crippen LogP contribution in [0.1, 0.15) is 30.9 Å². The highest BCUT2D eigenvalue weighted by Crippen LogP contribution is 2.41. The second kappa shape index (κ2) is 6.72. The second-order valence-electron chi connectivity index (χ2n) is 6.81. The Morgan fingerprint density at radius 3 is 2.86 bits per heavy atom. The van der Waals surface area contributed by atoms with Gasteiger partial charge >= 0.3 is 0 Å². The Morgan fingerprint density at radius 2 is 2.07 bits per heavy atom. The lowest BCUT2D eigenvalue weighted by atomic mass is 9.86. The number of pyridine rings is 1. The number of benzene rings is 1. The molecule has 2 aliphatic rings. The van der Waals surface area contributed by atoms with Gasteiger partial charge in [-0.05, 0) is 42.7 Å². The first-order chi connectivity index (χ1) is 13.6. The summed E-state index contributed by atoms with van der Waals surface area (Å²) >= 11 is 12.4. The highest BCUT2D eigenvalue weighted by atomic mass is 35.5. The molecule has 140 valence electrons. The maximum absolute atomic E-state index is 12.8. The predicted octanol–water partition coefficient (Wildman–Crippen LogP) is 4.67. The first kappa shape index (κ1) is 17.4. The molecule has 1 N–H and O–H groups in total. The highest BCUT2D eigenvalue weighted by molar-refractivity contribution is 6.36. The van der Waals surface area contributed by atoms with Crippen LogP contribution in [-0.2, 0) is 4.79 Å². The minimum atomic E-state index is -0.361. The van der Waals surface area contributed by atoms with Gasteiger partial charge in [0.05, 0.1) is 5.02 Å². The zero-order valence-corrected chi connectivity index (χ0v) is 16.2. The van der Waals surface area contributed by atoms with Crippen molar-refractivity contribution < 1.29 is 4.79 Å². The molecule has 28 heavy (non-hydrogen) atoms. The zero-order valence-electron chi connectivity index (χ0n) is 14.7. The number of carbonyl (C=O) groups excluding carboxylic acids is 1. The van der Waals surface area contributed by atoms with Crippen LogP contribution in [-0.4, -0.2) is 25.5 Å². The van der Waals surface area contributed by atoms with Crippen LogP contribution in [0.2, 0.25) is 10.0 Å². The highest BCUT2D eigenvalue weighted by Gasteiger charge is 2.37. The summed E-state index contributed by atoms with van der Waals surface area (Å²) in [4.78, 5) is 21.7. The van der Waals surface area contributed by atoms with Crippen LogP contribution in [0, 0.1) is 0 Å². The fourth-order valence-electron chi connectivity index (χ4n) is 3.79. The molecule has 0 spiro atoms. The summed E-state index contributed by atoms with van der Waals surface area (Å²) in [6.07, 6.45) is 5.65. The molecule has 1 aliphatic carbocycles. The van der Waals surface area contributed by atoms with Crippen LogP contribution < -0.4 is 5.32 Å². The first-order valence-electron chi connectivity index (χ1n) is 8.97. The molecule has 0 saturated heterocycles. The SMILES string of the molecule is O=C1CCCC2=C1C(c1cccnc1)n1nc(-c3ccc(Cl)cc3Cl)nc1N2. The normalized spacial score (nSPS) is 18.5. The third-order valence-corrected chi connectivity index (χ3v) is 5.59. The van der Waals surface area contributed by atoms with Crippen molar-refractivity contribution in [1.82, 2.24) is 19.7 Å². The molecule has 0 saturated carbocycles. The van der Waals surface area contributed by atoms with Gasteiger partial charge in [0, 0.05) is 40.7 Å². The van der Waals surface area contributed by atoms with Crippen molar-refractivity contribution in [1.29, 1.82) is 0 Å². The predicted molar refractivity (Wildman–Crippen MR) is 107 cm³/mol. The Hall–Kier alpha value is -2.70. The summed E-state index contributed by atoms with van der Waals surface area (Å²) < 4.78 is 1.75. The number of anilines is 1. The first-order valence-corrected chi connectivity index (χ1v) is 9.72. The fraction of sp³-hybridized carbons (Fsp3) is 0.200. The molecule has 2 aromatic heterocycles. The van der Waals surface area contributed by atoms with Crippen LogP contribution in [0.4, 0.5) is 5.95 Å². The third kappa shape index (κ3) is 2.80. The molecular weight excluding hydrogens is 397 g/mol. The standard InChI is InChI=1S/C20H15Cl2N5O/c21-12-6-7-13(14(22)9-12)19-25-20-24-15-4-1-5-16(28)17(15)18(27(20)26-19)11-3-2-8-23-10-11/h2-3,6-10,18H,1,4-5H2,(H,24,25,26). The molecule has 1 aliphatic heterocycles. The van der Waals surface area contributed by atoms with E-state index in [2.05, 4.69) is 15.3 Å². The van der Waals surface area contributed by atoms with Crippen molar-refractivity contribution >= 4 is 34.9 Å². The van der Waals surface area contributed by atoms with Gasteiger partial charge in [-0.3, -0.25) is 9.78 Å². The Kier molecular flexibility index (Phi) is 4.18. The van der Waals surface area contributed by atoms with Crippen molar-refractivity contribution in [3.8, 4) is 11.4 Å². The number of carbonyl (C=O) groups is 1. The molecule has 3 heterocycles. The van der Waals surface area contributed by atoms with Crippen molar-refractivity contribution in [2.24, 2.45) is 0 Å². The molecule has 1 atom stereocenters. The largest absolute Gasteiger partial charge is 0.328 e. The minimum Gasteiger partial charge on any atom is -0.328 e. The number of halogens is 2. The van der Waals surface area contributed by atoms with Crippen molar-refractivity contribution in [3.63, 3.8) is 0 Å². The van der Waals surface area contributed by atoms with Crippen molar-refractivity contribution in [2.75, 3.05) is 5.32 Å². The number of fused-ring (bicyclic) bond motifs is 1. The average Bonchev–Trinajstić information content (AvgIpc) is 3.10. The number of rotatable bonds is 2. The van der Waals surface area contributed by atoms with Gasteiger partial charge < -0.3 is 5.32 Å². The summed E-state index contributed by atoms with van der Waals surface area (Å²) in [5.41, 5.74) is 3.24. The summed E-state index contributed by atoms with van der Waals surface area (Å²) in [5, 5.41) is 9.03. The Bertz CT molecular complexity index is 1120. The number of allylic oxidation sites excluding steroid dienone is 2. The van der Waals surface area contributed by atoms with Gasteiger partial charge in [-0.25, -0.2) is 4.68 Å². The number of hydrogen-bond donors (Lipinski definition) is 1. The van der Waals surface area contributed by atoms with Crippen LogP contribution in [0.3, 0.4) is 0 Å². The molecule has 0 bridgehead atoms. The molecule has 3 aromatic rings. The van der Waals surface area contributed by atoms with E-state index in [0.29, 0.717) is 33.8 Å². The molecule has 0 fully saturated rings. The summed E-state index contributed by atoms with van der Waals surface area (Å²) in [5.74, 6) is 1.20. The van der Waals surface area contributed by atoms with Gasteiger partial charge in [0.15, 0.2) is 11.6 Å². The molecular formula is C20H15Cl2N5O. The van der Waals surface area contributed by atoms with Crippen LogP contribution >= 0.6 is 23.2 Å². The van der Waals surface area contributed by atoms with E-state index in [1.165, 1.54) is 0 Å². The van der Waals surface area contributed by atoms with Crippen LogP contribution in [0.25, 0.3) is 11.4 Å². The summed E-state index contributed by atoms with van der Waals surface area (Å²) in [6.45, 7) is 0. The Morgan fingerprint density at radius 1 is 1.18 bits per heavy atom. The number of Topliss-reactive ketones (excluding diaryl/α,β-unsaturated/α-hetero) is 1. The average molecular weight is 412 g/mol. The number of nitrogens with one attached hydrogen (secondary N) is 1. The third-order valence-electron chi connectivity index (χ3n) is 5.04. The molecule has 1 unspecified atom stereocenters. The maximum atomic E-state index is 12.8. The molecule has 5 rings (SSSR count). The quantitative estimate of drug-likeness (QED) is 0.663. The van der Waals surface area contributed by atoms with Crippen molar-refractivity contribution in [3.05, 3.63) is 69.6 Å². The minimum absolute atomic E-state index is 0.134. The summed E-state index contributed by atoms with van der Waals surface area (Å²) in [6, 6.07) is 8.66. The fourth-order valence-corrected chi connectivity index (χ4v) is 4.28. The van der Waals surface area contributed by atoms with E-state index in [9.17, 15) is 4.79 Å². The van der Waals surface area contributed by atoms with E-state index < -0.39 is 0 Å². The molecule has 0 amide bonds. The Labute approximate surface area is 171 Å². The summed E-state index contributed by atoms with van der Waals surface area (Å²) in [7, 11) is 0. The maximum Gasteiger partial charge on any atom is 0.226 e. The topological polar surface area (TPSA) is 72.7 Å². The van der Waals surface area contributed by atoms with E-state index in [-0.39, 0.29) is 11.8 Å². The van der Waals surface area contributed by atoms with E-state index in [4.69, 9.17) is 28.3 Å². The molecule has 1 aromatic carbocycles. The second-order valence-corrected chi connectivity index (χ2v) is 7.65. The smallest absolute Gasteiger partial charge is 0.226 e. The Balaban J connectivity index is 1.68. The van der Waals surface area contributed by atoms with E-state index in [0.717, 1.165) is 29.7 Å². The van der Waals surface area contributed by atoms with E-state index in [1.54, 1.807) is 35.3 Å². The number of aromatic nitrogens is 4. The van der Waals surface area contributed by atoms with Crippen LogP contribution in [0.5, 0.6) is 0 Å². The molecule has 6 nitrogen and oxygen atoms in total.